The summed E-state index contributed by atoms with van der Waals surface area (Å²) in [6.07, 6.45) is 4.44. The average molecular weight is 166 g/mol. The van der Waals surface area contributed by atoms with Crippen molar-refractivity contribution in [3.8, 4) is 0 Å². The molecular weight excluding hydrogens is 148 g/mol. The van der Waals surface area contributed by atoms with Gasteiger partial charge in [0.15, 0.2) is 0 Å². The Hall–Kier alpha value is -0.590. The number of hydrogen-bond donors (Lipinski definition) is 0. The Bertz CT molecular complexity index is 201. The molecule has 0 aromatic rings. The summed E-state index contributed by atoms with van der Waals surface area (Å²) >= 11 is 0. The van der Waals surface area contributed by atoms with Crippen LogP contribution in [-0.2, 0) is 4.79 Å². The summed E-state index contributed by atoms with van der Waals surface area (Å²) < 4.78 is 0. The molecule has 0 amide bonds. The molecule has 1 atom stereocenters. The molecule has 0 radical (unpaired) electrons. The molecule has 0 bridgehead atoms. The van der Waals surface area contributed by atoms with Gasteiger partial charge >= 0.3 is 0 Å². The lowest BCUT2D eigenvalue weighted by Gasteiger charge is -2.24. The lowest BCUT2D eigenvalue weighted by molar-refractivity contribution is -0.105. The number of carbonyl (C=O) groups excluding carboxylic acids is 1. The van der Waals surface area contributed by atoms with Crippen molar-refractivity contribution in [2.45, 2.75) is 40.0 Å². The van der Waals surface area contributed by atoms with Gasteiger partial charge in [-0.15, -0.1) is 0 Å². The number of hydrogen-bond acceptors (Lipinski definition) is 1. The Balaban J connectivity index is 2.83. The maximum Gasteiger partial charge on any atom is 0.145 e. The molecule has 0 aromatic carbocycles. The van der Waals surface area contributed by atoms with Crippen molar-refractivity contribution in [3.05, 3.63) is 11.1 Å². The second kappa shape index (κ2) is 3.88. The van der Waals surface area contributed by atoms with E-state index in [1.807, 2.05) is 0 Å². The van der Waals surface area contributed by atoms with Gasteiger partial charge in [0.25, 0.3) is 0 Å². The van der Waals surface area contributed by atoms with Crippen LogP contribution in [0.2, 0.25) is 0 Å². The van der Waals surface area contributed by atoms with Crippen LogP contribution in [0.3, 0.4) is 0 Å². The van der Waals surface area contributed by atoms with Crippen molar-refractivity contribution in [2.75, 3.05) is 0 Å². The molecule has 0 heterocycles. The first-order chi connectivity index (χ1) is 5.65. The van der Waals surface area contributed by atoms with Gasteiger partial charge in [-0.3, -0.25) is 4.79 Å². The highest BCUT2D eigenvalue weighted by Gasteiger charge is 2.18. The van der Waals surface area contributed by atoms with Crippen LogP contribution < -0.4 is 0 Å². The van der Waals surface area contributed by atoms with Gasteiger partial charge < -0.3 is 0 Å². The number of carbonyl (C=O) groups is 1. The van der Waals surface area contributed by atoms with Crippen LogP contribution in [0.25, 0.3) is 0 Å². The minimum absolute atomic E-state index is 0.553. The predicted octanol–water partition coefficient (Wildman–Crippen LogP) is 2.96. The predicted molar refractivity (Wildman–Crippen MR) is 50.9 cm³/mol. The zero-order valence-corrected chi connectivity index (χ0v) is 8.26. The van der Waals surface area contributed by atoms with Crippen LogP contribution in [0.5, 0.6) is 0 Å². The third kappa shape index (κ3) is 1.96. The quantitative estimate of drug-likeness (QED) is 0.576. The van der Waals surface area contributed by atoms with Crippen molar-refractivity contribution < 1.29 is 4.79 Å². The van der Waals surface area contributed by atoms with Crippen LogP contribution >= 0.6 is 0 Å². The van der Waals surface area contributed by atoms with Crippen molar-refractivity contribution in [2.24, 2.45) is 11.8 Å². The van der Waals surface area contributed by atoms with Gasteiger partial charge in [-0.25, -0.2) is 0 Å². The maximum absolute atomic E-state index is 10.8. The van der Waals surface area contributed by atoms with Gasteiger partial charge in [0.1, 0.15) is 6.29 Å². The summed E-state index contributed by atoms with van der Waals surface area (Å²) in [6, 6.07) is 0. The lowest BCUT2D eigenvalue weighted by atomic mass is 9.81. The Kier molecular flexibility index (Phi) is 3.07. The summed E-state index contributed by atoms with van der Waals surface area (Å²) in [5.41, 5.74) is 2.46. The Morgan fingerprint density at radius 1 is 1.50 bits per heavy atom. The largest absolute Gasteiger partial charge is 0.298 e. The molecule has 0 aliphatic heterocycles. The van der Waals surface area contributed by atoms with Gasteiger partial charge in [-0.05, 0) is 36.7 Å². The summed E-state index contributed by atoms with van der Waals surface area (Å²) in [5, 5.41) is 0. The first-order valence-corrected chi connectivity index (χ1v) is 4.82. The van der Waals surface area contributed by atoms with Crippen LogP contribution in [0.4, 0.5) is 0 Å². The van der Waals surface area contributed by atoms with Gasteiger partial charge in [-0.1, -0.05) is 26.3 Å². The van der Waals surface area contributed by atoms with Crippen molar-refractivity contribution in [1.29, 1.82) is 0 Å². The van der Waals surface area contributed by atoms with Crippen LogP contribution in [0.1, 0.15) is 40.0 Å². The number of aldehydes is 1. The monoisotopic (exact) mass is 166 g/mol. The minimum Gasteiger partial charge on any atom is -0.298 e. The highest BCUT2D eigenvalue weighted by Crippen LogP contribution is 2.31. The van der Waals surface area contributed by atoms with E-state index in [0.29, 0.717) is 11.8 Å². The zero-order chi connectivity index (χ0) is 9.14. The van der Waals surface area contributed by atoms with Crippen molar-refractivity contribution >= 4 is 6.29 Å². The Morgan fingerprint density at radius 2 is 2.17 bits per heavy atom. The molecule has 1 rings (SSSR count). The van der Waals surface area contributed by atoms with E-state index in [9.17, 15) is 4.79 Å². The minimum atomic E-state index is 0.553. The van der Waals surface area contributed by atoms with E-state index < -0.39 is 0 Å². The molecule has 1 heteroatoms. The number of rotatable bonds is 2. The molecule has 0 N–H and O–H groups in total. The molecule has 12 heavy (non-hydrogen) atoms. The van der Waals surface area contributed by atoms with Crippen LogP contribution in [-0.4, -0.2) is 6.29 Å². The molecule has 68 valence electrons. The van der Waals surface area contributed by atoms with Gasteiger partial charge in [0.05, 0.1) is 0 Å². The fourth-order valence-electron chi connectivity index (χ4n) is 1.95. The molecule has 0 fully saturated rings. The molecule has 1 unspecified atom stereocenters. The van der Waals surface area contributed by atoms with E-state index >= 15 is 0 Å². The van der Waals surface area contributed by atoms with E-state index in [-0.39, 0.29) is 0 Å². The van der Waals surface area contributed by atoms with E-state index in [0.717, 1.165) is 24.7 Å². The molecule has 0 saturated carbocycles. The third-order valence-corrected chi connectivity index (χ3v) is 2.73. The van der Waals surface area contributed by atoms with Crippen molar-refractivity contribution in [1.82, 2.24) is 0 Å². The molecule has 1 aliphatic carbocycles. The average Bonchev–Trinajstić information content (AvgIpc) is 2.03. The third-order valence-electron chi connectivity index (χ3n) is 2.73. The molecule has 1 nitrogen and oxygen atoms in total. The standard InChI is InChI=1S/C11H18O/c1-8(2)11-5-4-9(3)6-10(11)7-12/h7-9H,4-6H2,1-3H3. The molecule has 0 aromatic heterocycles. The summed E-state index contributed by atoms with van der Waals surface area (Å²) in [4.78, 5) is 10.8. The fraction of sp³-hybridized carbons (Fsp3) is 0.727. The molecular formula is C11H18O. The summed E-state index contributed by atoms with van der Waals surface area (Å²) in [6.45, 7) is 6.57. The lowest BCUT2D eigenvalue weighted by Crippen LogP contribution is -2.11. The molecule has 0 saturated heterocycles. The fourth-order valence-corrected chi connectivity index (χ4v) is 1.95. The van der Waals surface area contributed by atoms with Crippen LogP contribution in [0.15, 0.2) is 11.1 Å². The topological polar surface area (TPSA) is 17.1 Å². The highest BCUT2D eigenvalue weighted by atomic mass is 16.1. The van der Waals surface area contributed by atoms with Gasteiger partial charge in [0.2, 0.25) is 0 Å². The normalized spacial score (nSPS) is 24.8. The van der Waals surface area contributed by atoms with E-state index in [1.165, 1.54) is 12.0 Å². The first kappa shape index (κ1) is 9.50. The highest BCUT2D eigenvalue weighted by molar-refractivity contribution is 5.75. The second-order valence-corrected chi connectivity index (χ2v) is 4.17. The Labute approximate surface area is 74.9 Å². The zero-order valence-electron chi connectivity index (χ0n) is 8.26. The molecule has 0 spiro atoms. The Morgan fingerprint density at radius 3 is 2.67 bits per heavy atom. The summed E-state index contributed by atoms with van der Waals surface area (Å²) in [7, 11) is 0. The SMILES string of the molecule is CC1CCC(C(C)C)=C(C=O)C1. The van der Waals surface area contributed by atoms with Gasteiger partial charge in [0, 0.05) is 0 Å². The smallest absolute Gasteiger partial charge is 0.145 e. The second-order valence-electron chi connectivity index (χ2n) is 4.17. The maximum atomic E-state index is 10.8. The summed E-state index contributed by atoms with van der Waals surface area (Å²) in [5.74, 6) is 1.25. The first-order valence-electron chi connectivity index (χ1n) is 4.82. The van der Waals surface area contributed by atoms with Crippen LogP contribution in [0, 0.1) is 11.8 Å². The van der Waals surface area contributed by atoms with E-state index in [4.69, 9.17) is 0 Å². The van der Waals surface area contributed by atoms with Crippen molar-refractivity contribution in [3.63, 3.8) is 0 Å². The number of allylic oxidation sites excluding steroid dienone is 2. The van der Waals surface area contributed by atoms with E-state index in [1.54, 1.807) is 0 Å². The molecule has 1 aliphatic rings. The van der Waals surface area contributed by atoms with Gasteiger partial charge in [-0.2, -0.15) is 0 Å². The van der Waals surface area contributed by atoms with E-state index in [2.05, 4.69) is 20.8 Å².